The normalized spacial score (nSPS) is 17.3. The van der Waals surface area contributed by atoms with Gasteiger partial charge < -0.3 is 10.1 Å². The molecule has 1 fully saturated rings. The fourth-order valence-electron chi connectivity index (χ4n) is 2.14. The molecule has 1 heterocycles. The van der Waals surface area contributed by atoms with Gasteiger partial charge in [0.25, 0.3) is 0 Å². The summed E-state index contributed by atoms with van der Waals surface area (Å²) < 4.78 is 7.08. The predicted molar refractivity (Wildman–Crippen MR) is 65.6 cm³/mol. The van der Waals surface area contributed by atoms with E-state index in [1.54, 1.807) is 13.4 Å². The highest BCUT2D eigenvalue weighted by Crippen LogP contribution is 2.48. The van der Waals surface area contributed by atoms with Gasteiger partial charge in [-0.15, -0.1) is 0 Å². The molecule has 0 atom stereocenters. The van der Waals surface area contributed by atoms with Crippen LogP contribution in [0.25, 0.3) is 0 Å². The van der Waals surface area contributed by atoms with Gasteiger partial charge in [0.2, 0.25) is 0 Å². The van der Waals surface area contributed by atoms with Crippen molar-refractivity contribution in [2.75, 3.05) is 20.3 Å². The number of nitrogens with zero attached hydrogens (tertiary/aromatic N) is 3. The lowest BCUT2D eigenvalue weighted by molar-refractivity contribution is 0.171. The fraction of sp³-hybridized carbons (Fsp3) is 0.833. The Balaban J connectivity index is 1.72. The quantitative estimate of drug-likeness (QED) is 0.739. The molecular formula is C12H22N4O. The van der Waals surface area contributed by atoms with Gasteiger partial charge in [-0.3, -0.25) is 0 Å². The van der Waals surface area contributed by atoms with Crippen molar-refractivity contribution in [1.82, 2.24) is 20.1 Å². The van der Waals surface area contributed by atoms with Crippen LogP contribution in [0.2, 0.25) is 0 Å². The lowest BCUT2D eigenvalue weighted by atomic mass is 10.0. The molecule has 0 spiro atoms. The molecule has 1 aliphatic carbocycles. The van der Waals surface area contributed by atoms with Crippen molar-refractivity contribution >= 4 is 0 Å². The van der Waals surface area contributed by atoms with Gasteiger partial charge in [0, 0.05) is 26.8 Å². The number of methoxy groups -OCH3 is 1. The largest absolute Gasteiger partial charge is 0.385 e. The van der Waals surface area contributed by atoms with Crippen LogP contribution in [0.1, 0.15) is 32.0 Å². The van der Waals surface area contributed by atoms with Gasteiger partial charge in [-0.1, -0.05) is 0 Å². The molecule has 0 bridgehead atoms. The third-order valence-corrected chi connectivity index (χ3v) is 3.57. The highest BCUT2D eigenvalue weighted by atomic mass is 16.5. The molecule has 2 rings (SSSR count). The Morgan fingerprint density at radius 1 is 1.53 bits per heavy atom. The monoisotopic (exact) mass is 238 g/mol. The molecular weight excluding hydrogens is 216 g/mol. The summed E-state index contributed by atoms with van der Waals surface area (Å²) in [7, 11) is 1.77. The van der Waals surface area contributed by atoms with Crippen molar-refractivity contribution in [3.8, 4) is 0 Å². The summed E-state index contributed by atoms with van der Waals surface area (Å²) in [5.41, 5.74) is 0.493. The zero-order valence-electron chi connectivity index (χ0n) is 10.8. The van der Waals surface area contributed by atoms with E-state index < -0.39 is 0 Å². The Morgan fingerprint density at radius 2 is 2.35 bits per heavy atom. The van der Waals surface area contributed by atoms with Crippen LogP contribution in [0.5, 0.6) is 0 Å². The zero-order chi connectivity index (χ0) is 12.1. The summed E-state index contributed by atoms with van der Waals surface area (Å²) in [5.74, 6) is 1.02. The minimum atomic E-state index is 0.493. The van der Waals surface area contributed by atoms with Gasteiger partial charge >= 0.3 is 0 Å². The molecule has 1 aromatic heterocycles. The van der Waals surface area contributed by atoms with E-state index in [4.69, 9.17) is 4.74 Å². The first-order valence-electron chi connectivity index (χ1n) is 6.36. The third-order valence-electron chi connectivity index (χ3n) is 3.57. The van der Waals surface area contributed by atoms with Crippen molar-refractivity contribution in [2.24, 2.45) is 5.41 Å². The number of hydrogen-bond acceptors (Lipinski definition) is 4. The van der Waals surface area contributed by atoms with Crippen LogP contribution in [-0.4, -0.2) is 35.0 Å². The van der Waals surface area contributed by atoms with E-state index in [1.165, 1.54) is 12.8 Å². The van der Waals surface area contributed by atoms with E-state index in [0.29, 0.717) is 5.41 Å². The van der Waals surface area contributed by atoms with E-state index >= 15 is 0 Å². The Bertz CT molecular complexity index is 346. The molecule has 1 N–H and O–H groups in total. The van der Waals surface area contributed by atoms with Crippen molar-refractivity contribution in [1.29, 1.82) is 0 Å². The van der Waals surface area contributed by atoms with Crippen molar-refractivity contribution in [2.45, 2.75) is 39.3 Å². The number of hydrogen-bond donors (Lipinski definition) is 1. The van der Waals surface area contributed by atoms with Gasteiger partial charge in [0.1, 0.15) is 12.2 Å². The molecule has 0 amide bonds. The molecule has 1 aliphatic rings. The maximum Gasteiger partial charge on any atom is 0.140 e. The average Bonchev–Trinajstić information content (AvgIpc) is 2.96. The van der Waals surface area contributed by atoms with E-state index in [0.717, 1.165) is 38.5 Å². The zero-order valence-corrected chi connectivity index (χ0v) is 10.8. The van der Waals surface area contributed by atoms with Gasteiger partial charge in [-0.25, -0.2) is 9.67 Å². The third kappa shape index (κ3) is 3.26. The second kappa shape index (κ2) is 5.60. The molecule has 96 valence electrons. The first-order chi connectivity index (χ1) is 8.29. The van der Waals surface area contributed by atoms with E-state index in [1.807, 2.05) is 4.68 Å². The van der Waals surface area contributed by atoms with Crippen molar-refractivity contribution in [3.05, 3.63) is 12.2 Å². The van der Waals surface area contributed by atoms with Crippen LogP contribution in [-0.2, 0) is 17.8 Å². The summed E-state index contributed by atoms with van der Waals surface area (Å²) in [5, 5.41) is 7.66. The molecule has 0 unspecified atom stereocenters. The molecule has 5 heteroatoms. The summed E-state index contributed by atoms with van der Waals surface area (Å²) in [6, 6.07) is 0. The molecule has 1 saturated carbocycles. The number of ether oxygens (including phenoxy) is 1. The van der Waals surface area contributed by atoms with Crippen molar-refractivity contribution < 1.29 is 4.74 Å². The van der Waals surface area contributed by atoms with Gasteiger partial charge in [0.15, 0.2) is 0 Å². The second-order valence-corrected chi connectivity index (χ2v) is 4.84. The maximum atomic E-state index is 5.15. The lowest BCUT2D eigenvalue weighted by Gasteiger charge is -2.15. The highest BCUT2D eigenvalue weighted by molar-refractivity contribution is 4.95. The summed E-state index contributed by atoms with van der Waals surface area (Å²) in [4.78, 5) is 4.25. The van der Waals surface area contributed by atoms with Gasteiger partial charge in [-0.2, -0.15) is 5.10 Å². The molecule has 17 heavy (non-hydrogen) atoms. The van der Waals surface area contributed by atoms with Crippen LogP contribution < -0.4 is 5.32 Å². The minimum absolute atomic E-state index is 0.493. The number of nitrogens with one attached hydrogen (secondary N) is 1. The molecule has 0 saturated heterocycles. The average molecular weight is 238 g/mol. The topological polar surface area (TPSA) is 52.0 Å². The highest BCUT2D eigenvalue weighted by Gasteiger charge is 2.41. The molecule has 1 aromatic rings. The number of rotatable bonds is 8. The maximum absolute atomic E-state index is 5.15. The number of aromatic nitrogens is 3. The first-order valence-corrected chi connectivity index (χ1v) is 6.36. The minimum Gasteiger partial charge on any atom is -0.385 e. The molecule has 0 aliphatic heterocycles. The lowest BCUT2D eigenvalue weighted by Crippen LogP contribution is -2.26. The second-order valence-electron chi connectivity index (χ2n) is 4.84. The Hall–Kier alpha value is -0.940. The van der Waals surface area contributed by atoms with Crippen LogP contribution in [0.3, 0.4) is 0 Å². The van der Waals surface area contributed by atoms with Crippen LogP contribution in [0, 0.1) is 5.41 Å². The van der Waals surface area contributed by atoms with Crippen molar-refractivity contribution in [3.63, 3.8) is 0 Å². The predicted octanol–water partition coefficient (Wildman–Crippen LogP) is 1.20. The standard InChI is InChI=1S/C12H22N4O/c1-3-16-11(14-10-15-16)8-13-9-12(4-5-12)6-7-17-2/h10,13H,3-9H2,1-2H3. The molecule has 0 aromatic carbocycles. The van der Waals surface area contributed by atoms with Gasteiger partial charge in [0.05, 0.1) is 6.54 Å². The van der Waals surface area contributed by atoms with Crippen LogP contribution in [0.4, 0.5) is 0 Å². The number of aryl methyl sites for hydroxylation is 1. The van der Waals surface area contributed by atoms with E-state index in [-0.39, 0.29) is 0 Å². The Morgan fingerprint density at radius 3 is 3.00 bits per heavy atom. The van der Waals surface area contributed by atoms with E-state index in [2.05, 4.69) is 22.3 Å². The first kappa shape index (κ1) is 12.5. The summed E-state index contributed by atoms with van der Waals surface area (Å²) in [6.45, 7) is 5.70. The Labute approximate surface area is 103 Å². The van der Waals surface area contributed by atoms with E-state index in [9.17, 15) is 0 Å². The molecule has 0 radical (unpaired) electrons. The molecule has 5 nitrogen and oxygen atoms in total. The summed E-state index contributed by atoms with van der Waals surface area (Å²) in [6.07, 6.45) is 5.43. The smallest absolute Gasteiger partial charge is 0.140 e. The Kier molecular flexibility index (Phi) is 4.12. The fourth-order valence-corrected chi connectivity index (χ4v) is 2.14. The SMILES string of the molecule is CCn1ncnc1CNCC1(CCOC)CC1. The van der Waals surface area contributed by atoms with Gasteiger partial charge in [-0.05, 0) is 31.6 Å². The van der Waals surface area contributed by atoms with Crippen LogP contribution >= 0.6 is 0 Å². The van der Waals surface area contributed by atoms with Crippen LogP contribution in [0.15, 0.2) is 6.33 Å². The summed E-state index contributed by atoms with van der Waals surface area (Å²) >= 11 is 0.